The maximum Gasteiger partial charge on any atom is 0.222 e. The van der Waals surface area contributed by atoms with E-state index in [0.717, 1.165) is 19.6 Å². The first-order valence-corrected chi connectivity index (χ1v) is 6.22. The lowest BCUT2D eigenvalue weighted by molar-refractivity contribution is -0.133. The topological polar surface area (TPSA) is 52.7 Å². The summed E-state index contributed by atoms with van der Waals surface area (Å²) in [6.45, 7) is 4.50. The highest BCUT2D eigenvalue weighted by atomic mass is 16.2. The summed E-state index contributed by atoms with van der Waals surface area (Å²) >= 11 is 0. The molecule has 0 radical (unpaired) electrons. The maximum absolute atomic E-state index is 11.9. The molecule has 1 atom stereocenters. The Kier molecular flexibility index (Phi) is 5.41. The van der Waals surface area contributed by atoms with E-state index in [2.05, 4.69) is 12.2 Å². The molecule has 0 aromatic carbocycles. The Bertz CT molecular complexity index is 279. The molecule has 2 amide bonds. The molecule has 5 nitrogen and oxygen atoms in total. The van der Waals surface area contributed by atoms with Crippen molar-refractivity contribution >= 4 is 11.8 Å². The predicted octanol–water partition coefficient (Wildman–Crippen LogP) is 0.0652. The lowest BCUT2D eigenvalue weighted by Gasteiger charge is -2.32. The Hall–Kier alpha value is -1.10. The molecule has 1 saturated heterocycles. The highest BCUT2D eigenvalue weighted by Gasteiger charge is 2.20. The SMILES string of the molecule is CC1CN(C(=O)CCCC(=O)N(C)C)CCN1. The second-order valence-electron chi connectivity index (χ2n) is 4.84. The quantitative estimate of drug-likeness (QED) is 0.757. The van der Waals surface area contributed by atoms with E-state index in [4.69, 9.17) is 0 Å². The standard InChI is InChI=1S/C12H23N3O2/c1-10-9-15(8-7-13-10)12(17)6-4-5-11(16)14(2)3/h10,13H,4-9H2,1-3H3. The molecule has 0 aromatic rings. The van der Waals surface area contributed by atoms with Gasteiger partial charge in [0.15, 0.2) is 0 Å². The molecule has 0 saturated carbocycles. The van der Waals surface area contributed by atoms with Gasteiger partial charge in [-0.1, -0.05) is 0 Å². The molecular weight excluding hydrogens is 218 g/mol. The van der Waals surface area contributed by atoms with Gasteiger partial charge in [-0.15, -0.1) is 0 Å². The Labute approximate surface area is 103 Å². The number of hydrogen-bond donors (Lipinski definition) is 1. The number of piperazine rings is 1. The largest absolute Gasteiger partial charge is 0.349 e. The van der Waals surface area contributed by atoms with Crippen LogP contribution in [0.4, 0.5) is 0 Å². The molecule has 0 aromatic heterocycles. The van der Waals surface area contributed by atoms with Crippen LogP contribution in [-0.4, -0.2) is 61.4 Å². The molecular formula is C12H23N3O2. The van der Waals surface area contributed by atoms with Crippen molar-refractivity contribution in [3.8, 4) is 0 Å². The zero-order valence-corrected chi connectivity index (χ0v) is 11.0. The van der Waals surface area contributed by atoms with E-state index < -0.39 is 0 Å². The summed E-state index contributed by atoms with van der Waals surface area (Å²) in [6, 6.07) is 0.371. The first-order chi connectivity index (χ1) is 8.00. The van der Waals surface area contributed by atoms with Crippen LogP contribution in [0.3, 0.4) is 0 Å². The first-order valence-electron chi connectivity index (χ1n) is 6.22. The molecule has 0 bridgehead atoms. The molecule has 1 heterocycles. The summed E-state index contributed by atoms with van der Waals surface area (Å²) < 4.78 is 0. The fourth-order valence-corrected chi connectivity index (χ4v) is 1.93. The summed E-state index contributed by atoms with van der Waals surface area (Å²) in [4.78, 5) is 26.7. The average Bonchev–Trinajstić information content (AvgIpc) is 2.28. The van der Waals surface area contributed by atoms with Crippen LogP contribution < -0.4 is 5.32 Å². The van der Waals surface area contributed by atoms with Gasteiger partial charge in [-0.05, 0) is 13.3 Å². The van der Waals surface area contributed by atoms with Gasteiger partial charge in [-0.3, -0.25) is 9.59 Å². The molecule has 0 aliphatic carbocycles. The third kappa shape index (κ3) is 4.73. The van der Waals surface area contributed by atoms with E-state index in [1.54, 1.807) is 19.0 Å². The lowest BCUT2D eigenvalue weighted by Crippen LogP contribution is -2.51. The summed E-state index contributed by atoms with van der Waals surface area (Å²) in [5.41, 5.74) is 0. The minimum Gasteiger partial charge on any atom is -0.349 e. The average molecular weight is 241 g/mol. The van der Waals surface area contributed by atoms with Gasteiger partial charge in [-0.2, -0.15) is 0 Å². The van der Waals surface area contributed by atoms with Gasteiger partial charge in [0.2, 0.25) is 11.8 Å². The summed E-state index contributed by atoms with van der Waals surface area (Å²) in [7, 11) is 3.48. The number of amides is 2. The van der Waals surface area contributed by atoms with Gasteiger partial charge < -0.3 is 15.1 Å². The van der Waals surface area contributed by atoms with Crippen molar-refractivity contribution in [3.63, 3.8) is 0 Å². The van der Waals surface area contributed by atoms with Crippen LogP contribution in [0, 0.1) is 0 Å². The smallest absolute Gasteiger partial charge is 0.222 e. The third-order valence-electron chi connectivity index (χ3n) is 3.00. The fraction of sp³-hybridized carbons (Fsp3) is 0.833. The molecule has 17 heavy (non-hydrogen) atoms. The molecule has 1 aliphatic rings. The number of carbonyl (C=O) groups is 2. The van der Waals surface area contributed by atoms with Crippen molar-refractivity contribution in [1.29, 1.82) is 0 Å². The Morgan fingerprint density at radius 1 is 1.35 bits per heavy atom. The van der Waals surface area contributed by atoms with E-state index in [-0.39, 0.29) is 11.8 Å². The molecule has 1 aliphatic heterocycles. The number of nitrogens with one attached hydrogen (secondary N) is 1. The van der Waals surface area contributed by atoms with Crippen molar-refractivity contribution in [1.82, 2.24) is 15.1 Å². The van der Waals surface area contributed by atoms with E-state index in [9.17, 15) is 9.59 Å². The highest BCUT2D eigenvalue weighted by molar-refractivity contribution is 5.78. The monoisotopic (exact) mass is 241 g/mol. The van der Waals surface area contributed by atoms with Gasteiger partial charge in [0.25, 0.3) is 0 Å². The van der Waals surface area contributed by atoms with Crippen LogP contribution in [0.5, 0.6) is 0 Å². The summed E-state index contributed by atoms with van der Waals surface area (Å²) in [5.74, 6) is 0.261. The summed E-state index contributed by atoms with van der Waals surface area (Å²) in [5, 5.41) is 3.30. The Morgan fingerprint density at radius 3 is 2.65 bits per heavy atom. The number of hydrogen-bond acceptors (Lipinski definition) is 3. The van der Waals surface area contributed by atoms with Gasteiger partial charge in [-0.25, -0.2) is 0 Å². The van der Waals surface area contributed by atoms with Crippen LogP contribution in [0.1, 0.15) is 26.2 Å². The van der Waals surface area contributed by atoms with Crippen LogP contribution in [0.25, 0.3) is 0 Å². The van der Waals surface area contributed by atoms with E-state index in [1.165, 1.54) is 0 Å². The molecule has 1 rings (SSSR count). The number of carbonyl (C=O) groups excluding carboxylic acids is 2. The lowest BCUT2D eigenvalue weighted by atomic mass is 10.1. The zero-order chi connectivity index (χ0) is 12.8. The van der Waals surface area contributed by atoms with Crippen LogP contribution in [0.2, 0.25) is 0 Å². The second kappa shape index (κ2) is 6.59. The van der Waals surface area contributed by atoms with Crippen molar-refractivity contribution in [2.75, 3.05) is 33.7 Å². The zero-order valence-electron chi connectivity index (χ0n) is 11.0. The van der Waals surface area contributed by atoms with Crippen LogP contribution in [-0.2, 0) is 9.59 Å². The molecule has 5 heteroatoms. The normalized spacial score (nSPS) is 20.2. The van der Waals surface area contributed by atoms with E-state index >= 15 is 0 Å². The molecule has 98 valence electrons. The first kappa shape index (κ1) is 14.0. The number of rotatable bonds is 4. The fourth-order valence-electron chi connectivity index (χ4n) is 1.93. The number of nitrogens with zero attached hydrogens (tertiary/aromatic N) is 2. The van der Waals surface area contributed by atoms with Crippen molar-refractivity contribution in [2.24, 2.45) is 0 Å². The Morgan fingerprint density at radius 2 is 2.06 bits per heavy atom. The van der Waals surface area contributed by atoms with E-state index in [1.807, 2.05) is 4.90 Å². The van der Waals surface area contributed by atoms with Gasteiger partial charge in [0.1, 0.15) is 0 Å². The molecule has 0 spiro atoms. The van der Waals surface area contributed by atoms with Gasteiger partial charge in [0, 0.05) is 52.6 Å². The van der Waals surface area contributed by atoms with Crippen molar-refractivity contribution in [2.45, 2.75) is 32.2 Å². The van der Waals surface area contributed by atoms with E-state index in [0.29, 0.717) is 25.3 Å². The van der Waals surface area contributed by atoms with Crippen molar-refractivity contribution < 1.29 is 9.59 Å². The van der Waals surface area contributed by atoms with Crippen LogP contribution >= 0.6 is 0 Å². The third-order valence-corrected chi connectivity index (χ3v) is 3.00. The molecule has 1 N–H and O–H groups in total. The summed E-state index contributed by atoms with van der Waals surface area (Å²) in [6.07, 6.45) is 1.58. The van der Waals surface area contributed by atoms with Crippen LogP contribution in [0.15, 0.2) is 0 Å². The second-order valence-corrected chi connectivity index (χ2v) is 4.84. The Balaban J connectivity index is 2.22. The predicted molar refractivity (Wildman–Crippen MR) is 66.6 cm³/mol. The van der Waals surface area contributed by atoms with Crippen molar-refractivity contribution in [3.05, 3.63) is 0 Å². The maximum atomic E-state index is 11.9. The highest BCUT2D eigenvalue weighted by Crippen LogP contribution is 2.05. The molecule has 1 unspecified atom stereocenters. The van der Waals surface area contributed by atoms with Gasteiger partial charge in [0.05, 0.1) is 0 Å². The molecule has 1 fully saturated rings. The minimum atomic E-state index is 0.0893. The van der Waals surface area contributed by atoms with Gasteiger partial charge >= 0.3 is 0 Å². The minimum absolute atomic E-state index is 0.0893.